The summed E-state index contributed by atoms with van der Waals surface area (Å²) in [5.41, 5.74) is 3.50. The van der Waals surface area contributed by atoms with Gasteiger partial charge in [0.2, 0.25) is 5.95 Å². The Morgan fingerprint density at radius 3 is 2.83 bits per heavy atom. The van der Waals surface area contributed by atoms with Crippen LogP contribution in [0, 0.1) is 0 Å². The molecular formula is C19H19N3O. The topological polar surface area (TPSA) is 50.4 Å². The van der Waals surface area contributed by atoms with Gasteiger partial charge in [-0.1, -0.05) is 30.3 Å². The number of aliphatic imine (C=N–C) groups is 1. The van der Waals surface area contributed by atoms with Crippen molar-refractivity contribution >= 4 is 23.2 Å². The Kier molecular flexibility index (Phi) is 4.24. The molecule has 1 aromatic heterocycles. The minimum atomic E-state index is 0.246. The highest BCUT2D eigenvalue weighted by molar-refractivity contribution is 5.86. The number of para-hydroxylation sites is 3. The fraction of sp³-hybridized carbons (Fsp3) is 0.158. The average molecular weight is 305 g/mol. The molecule has 3 rings (SSSR count). The van der Waals surface area contributed by atoms with E-state index in [0.717, 1.165) is 23.1 Å². The molecule has 0 aliphatic heterocycles. The molecule has 2 aromatic carbocycles. The number of aromatic hydroxyl groups is 1. The molecule has 0 atom stereocenters. The van der Waals surface area contributed by atoms with Gasteiger partial charge in [-0.3, -0.25) is 0 Å². The summed E-state index contributed by atoms with van der Waals surface area (Å²) in [5.74, 6) is 0.887. The quantitative estimate of drug-likeness (QED) is 0.566. The van der Waals surface area contributed by atoms with E-state index in [1.165, 1.54) is 0 Å². The Morgan fingerprint density at radius 1 is 1.22 bits per heavy atom. The van der Waals surface area contributed by atoms with Crippen LogP contribution in [0.25, 0.3) is 11.0 Å². The summed E-state index contributed by atoms with van der Waals surface area (Å²) in [6, 6.07) is 13.6. The zero-order chi connectivity index (χ0) is 16.2. The van der Waals surface area contributed by atoms with Crippen molar-refractivity contribution in [1.82, 2.24) is 9.55 Å². The molecular weight excluding hydrogens is 286 g/mol. The maximum atomic E-state index is 10.3. The van der Waals surface area contributed by atoms with E-state index in [1.54, 1.807) is 12.3 Å². The second kappa shape index (κ2) is 6.48. The fourth-order valence-corrected chi connectivity index (χ4v) is 2.64. The number of phenols is 1. The van der Waals surface area contributed by atoms with Gasteiger partial charge >= 0.3 is 0 Å². The highest BCUT2D eigenvalue weighted by Crippen LogP contribution is 2.24. The first-order valence-electron chi connectivity index (χ1n) is 7.65. The summed E-state index contributed by atoms with van der Waals surface area (Å²) < 4.78 is 2.05. The highest BCUT2D eigenvalue weighted by Gasteiger charge is 2.08. The lowest BCUT2D eigenvalue weighted by atomic mass is 10.1. The van der Waals surface area contributed by atoms with E-state index in [0.29, 0.717) is 17.9 Å². The lowest BCUT2D eigenvalue weighted by Crippen LogP contribution is -1.94. The van der Waals surface area contributed by atoms with Gasteiger partial charge < -0.3 is 9.67 Å². The second-order valence-electron chi connectivity index (χ2n) is 5.25. The van der Waals surface area contributed by atoms with Crippen LogP contribution < -0.4 is 0 Å². The Hall–Kier alpha value is -2.88. The van der Waals surface area contributed by atoms with E-state index in [-0.39, 0.29) is 5.75 Å². The molecule has 0 radical (unpaired) electrons. The lowest BCUT2D eigenvalue weighted by molar-refractivity contribution is 0.469. The Balaban J connectivity index is 2.00. The average Bonchev–Trinajstić information content (AvgIpc) is 2.93. The van der Waals surface area contributed by atoms with Crippen LogP contribution >= 0.6 is 0 Å². The number of imidazole rings is 1. The number of nitrogens with zero attached hydrogens (tertiary/aromatic N) is 3. The molecule has 116 valence electrons. The number of allylic oxidation sites excluding steroid dienone is 1. The number of hydrogen-bond donors (Lipinski definition) is 1. The van der Waals surface area contributed by atoms with Crippen LogP contribution in [0.1, 0.15) is 18.1 Å². The van der Waals surface area contributed by atoms with Crippen molar-refractivity contribution in [3.05, 3.63) is 66.2 Å². The zero-order valence-corrected chi connectivity index (χ0v) is 13.1. The molecule has 0 spiro atoms. The monoisotopic (exact) mass is 305 g/mol. The Morgan fingerprint density at radius 2 is 2.04 bits per heavy atom. The standard InChI is InChI=1S/C19H19N3O/c1-3-8-14-9-7-10-15(18(14)23)13-20-19-21-16-11-5-6-12-17(16)22(19)4-2/h3,5-7,9-13,23H,1,4,8H2,2H3. The maximum absolute atomic E-state index is 10.3. The van der Waals surface area contributed by atoms with Crippen molar-refractivity contribution in [1.29, 1.82) is 0 Å². The first kappa shape index (κ1) is 15.0. The van der Waals surface area contributed by atoms with Gasteiger partial charge in [0, 0.05) is 18.3 Å². The largest absolute Gasteiger partial charge is 0.507 e. The number of phenolic OH excluding ortho intramolecular Hbond substituents is 1. The molecule has 4 heteroatoms. The van der Waals surface area contributed by atoms with E-state index in [2.05, 4.69) is 28.0 Å². The minimum Gasteiger partial charge on any atom is -0.507 e. The SMILES string of the molecule is C=CCc1cccc(C=Nc2nc3ccccc3n2CC)c1O. The van der Waals surface area contributed by atoms with Crippen molar-refractivity contribution in [2.45, 2.75) is 19.9 Å². The smallest absolute Gasteiger partial charge is 0.230 e. The number of benzene rings is 2. The number of rotatable bonds is 5. The van der Waals surface area contributed by atoms with Gasteiger partial charge in [0.25, 0.3) is 0 Å². The molecule has 3 aromatic rings. The number of hydrogen-bond acceptors (Lipinski definition) is 3. The Labute approximate surface area is 135 Å². The summed E-state index contributed by atoms with van der Waals surface area (Å²) >= 11 is 0. The summed E-state index contributed by atoms with van der Waals surface area (Å²) in [6.45, 7) is 6.56. The molecule has 0 unspecified atom stereocenters. The lowest BCUT2D eigenvalue weighted by Gasteiger charge is -2.05. The van der Waals surface area contributed by atoms with Crippen LogP contribution in [-0.4, -0.2) is 20.9 Å². The van der Waals surface area contributed by atoms with Crippen LogP contribution in [-0.2, 0) is 13.0 Å². The number of aryl methyl sites for hydroxylation is 1. The maximum Gasteiger partial charge on any atom is 0.230 e. The molecule has 0 bridgehead atoms. The van der Waals surface area contributed by atoms with Crippen molar-refractivity contribution in [3.8, 4) is 5.75 Å². The predicted octanol–water partition coefficient (Wildman–Crippen LogP) is 4.24. The van der Waals surface area contributed by atoms with E-state index in [4.69, 9.17) is 0 Å². The molecule has 0 fully saturated rings. The van der Waals surface area contributed by atoms with Gasteiger partial charge in [-0.15, -0.1) is 6.58 Å². The first-order chi connectivity index (χ1) is 11.2. The normalized spacial score (nSPS) is 11.3. The van der Waals surface area contributed by atoms with Crippen molar-refractivity contribution < 1.29 is 5.11 Å². The molecule has 1 N–H and O–H groups in total. The van der Waals surface area contributed by atoms with Crippen LogP contribution in [0.4, 0.5) is 5.95 Å². The second-order valence-corrected chi connectivity index (χ2v) is 5.25. The molecule has 23 heavy (non-hydrogen) atoms. The molecule has 0 amide bonds. The molecule has 4 nitrogen and oxygen atoms in total. The molecule has 0 aliphatic carbocycles. The van der Waals surface area contributed by atoms with Crippen molar-refractivity contribution in [3.63, 3.8) is 0 Å². The van der Waals surface area contributed by atoms with Crippen LogP contribution in [0.5, 0.6) is 5.75 Å². The van der Waals surface area contributed by atoms with E-state index in [9.17, 15) is 5.11 Å². The summed E-state index contributed by atoms with van der Waals surface area (Å²) in [6.07, 6.45) is 4.06. The molecule has 0 saturated heterocycles. The Bertz CT molecular complexity index is 877. The van der Waals surface area contributed by atoms with Crippen LogP contribution in [0.15, 0.2) is 60.1 Å². The third-order valence-corrected chi connectivity index (χ3v) is 3.78. The van der Waals surface area contributed by atoms with E-state index < -0.39 is 0 Å². The van der Waals surface area contributed by atoms with Crippen LogP contribution in [0.3, 0.4) is 0 Å². The molecule has 0 aliphatic rings. The molecule has 1 heterocycles. The minimum absolute atomic E-state index is 0.246. The summed E-state index contributed by atoms with van der Waals surface area (Å²) in [7, 11) is 0. The summed E-state index contributed by atoms with van der Waals surface area (Å²) in [5, 5.41) is 10.3. The van der Waals surface area contributed by atoms with Gasteiger partial charge in [-0.05, 0) is 37.1 Å². The van der Waals surface area contributed by atoms with Gasteiger partial charge in [0.15, 0.2) is 0 Å². The third kappa shape index (κ3) is 2.88. The predicted molar refractivity (Wildman–Crippen MR) is 94.7 cm³/mol. The van der Waals surface area contributed by atoms with Gasteiger partial charge in [0.05, 0.1) is 11.0 Å². The third-order valence-electron chi connectivity index (χ3n) is 3.78. The summed E-state index contributed by atoms with van der Waals surface area (Å²) in [4.78, 5) is 9.04. The fourth-order valence-electron chi connectivity index (χ4n) is 2.64. The van der Waals surface area contributed by atoms with Gasteiger partial charge in [-0.2, -0.15) is 0 Å². The van der Waals surface area contributed by atoms with Crippen molar-refractivity contribution in [2.75, 3.05) is 0 Å². The number of fused-ring (bicyclic) bond motifs is 1. The first-order valence-corrected chi connectivity index (χ1v) is 7.65. The molecule has 0 saturated carbocycles. The zero-order valence-electron chi connectivity index (χ0n) is 13.1. The van der Waals surface area contributed by atoms with Gasteiger partial charge in [-0.25, -0.2) is 9.98 Å². The van der Waals surface area contributed by atoms with E-state index in [1.807, 2.05) is 42.5 Å². The van der Waals surface area contributed by atoms with Crippen molar-refractivity contribution in [2.24, 2.45) is 4.99 Å². The van der Waals surface area contributed by atoms with Crippen LogP contribution in [0.2, 0.25) is 0 Å². The van der Waals surface area contributed by atoms with E-state index >= 15 is 0 Å². The highest BCUT2D eigenvalue weighted by atomic mass is 16.3. The van der Waals surface area contributed by atoms with Gasteiger partial charge in [0.1, 0.15) is 5.75 Å². The number of aromatic nitrogens is 2.